The molecule has 1 heteroatoms. The Labute approximate surface area is 71.0 Å². The first kappa shape index (κ1) is 7.08. The third kappa shape index (κ3) is 1.11. The van der Waals surface area contributed by atoms with Gasteiger partial charge in [-0.25, -0.2) is 4.79 Å². The van der Waals surface area contributed by atoms with E-state index in [0.717, 1.165) is 12.0 Å². The van der Waals surface area contributed by atoms with Crippen LogP contribution in [-0.2, 0) is 11.2 Å². The van der Waals surface area contributed by atoms with Crippen LogP contribution in [0.5, 0.6) is 0 Å². The first-order chi connectivity index (χ1) is 5.90. The minimum absolute atomic E-state index is 0.718. The van der Waals surface area contributed by atoms with Crippen molar-refractivity contribution in [1.82, 2.24) is 0 Å². The molecule has 0 saturated carbocycles. The number of fused-ring (bicyclic) bond motifs is 1. The summed E-state index contributed by atoms with van der Waals surface area (Å²) in [5.41, 5.74) is 3.14. The fraction of sp³-hybridized carbons (Fsp3) is 0.0909. The Kier molecular flexibility index (Phi) is 1.65. The van der Waals surface area contributed by atoms with Crippen molar-refractivity contribution in [1.29, 1.82) is 0 Å². The van der Waals surface area contributed by atoms with Crippen LogP contribution in [0, 0.1) is 0 Å². The summed E-state index contributed by atoms with van der Waals surface area (Å²) < 4.78 is 0. The molecule has 0 aliphatic heterocycles. The van der Waals surface area contributed by atoms with Gasteiger partial charge in [-0.3, -0.25) is 0 Å². The quantitative estimate of drug-likeness (QED) is 0.525. The van der Waals surface area contributed by atoms with Gasteiger partial charge in [0, 0.05) is 12.0 Å². The van der Waals surface area contributed by atoms with Crippen molar-refractivity contribution in [3.8, 4) is 0 Å². The van der Waals surface area contributed by atoms with E-state index < -0.39 is 0 Å². The highest BCUT2D eigenvalue weighted by Crippen LogP contribution is 2.20. The van der Waals surface area contributed by atoms with Crippen molar-refractivity contribution in [2.24, 2.45) is 0 Å². The van der Waals surface area contributed by atoms with Crippen LogP contribution in [-0.4, -0.2) is 5.94 Å². The van der Waals surface area contributed by atoms with Gasteiger partial charge < -0.3 is 0 Å². The number of rotatable bonds is 0. The van der Waals surface area contributed by atoms with E-state index in [1.54, 1.807) is 0 Å². The van der Waals surface area contributed by atoms with Crippen LogP contribution in [0.1, 0.15) is 11.1 Å². The molecule has 0 atom stereocenters. The van der Waals surface area contributed by atoms with Gasteiger partial charge in [0.1, 0.15) is 5.94 Å². The van der Waals surface area contributed by atoms with E-state index in [0.29, 0.717) is 0 Å². The summed E-state index contributed by atoms with van der Waals surface area (Å²) in [6, 6.07) is 8.07. The summed E-state index contributed by atoms with van der Waals surface area (Å²) >= 11 is 0. The van der Waals surface area contributed by atoms with Gasteiger partial charge in [-0.15, -0.1) is 0 Å². The van der Waals surface area contributed by atoms with E-state index in [4.69, 9.17) is 0 Å². The lowest BCUT2D eigenvalue weighted by Crippen LogP contribution is -1.96. The fourth-order valence-corrected chi connectivity index (χ4v) is 1.38. The van der Waals surface area contributed by atoms with E-state index in [1.165, 1.54) is 11.1 Å². The molecule has 0 aromatic heterocycles. The third-order valence-corrected chi connectivity index (χ3v) is 2.03. The van der Waals surface area contributed by atoms with Gasteiger partial charge in [0.15, 0.2) is 0 Å². The van der Waals surface area contributed by atoms with Gasteiger partial charge in [0.2, 0.25) is 0 Å². The zero-order valence-corrected chi connectivity index (χ0v) is 6.58. The molecule has 0 bridgehead atoms. The zero-order valence-electron chi connectivity index (χ0n) is 6.58. The van der Waals surface area contributed by atoms with Gasteiger partial charge >= 0.3 is 0 Å². The molecule has 0 heterocycles. The van der Waals surface area contributed by atoms with Crippen molar-refractivity contribution in [2.45, 2.75) is 6.42 Å². The van der Waals surface area contributed by atoms with Crippen molar-refractivity contribution in [3.05, 3.63) is 47.0 Å². The number of hydrogen-bond donors (Lipinski definition) is 0. The standard InChI is InChI=1S/C11H8O/c12-8-9-5-6-10-3-1-2-4-11(10)7-9/h1-6H,7H2. The molecule has 0 fully saturated rings. The normalized spacial score (nSPS) is 13.8. The highest BCUT2D eigenvalue weighted by molar-refractivity contribution is 5.69. The van der Waals surface area contributed by atoms with Crippen LogP contribution >= 0.6 is 0 Å². The monoisotopic (exact) mass is 156 g/mol. The first-order valence-corrected chi connectivity index (χ1v) is 3.90. The van der Waals surface area contributed by atoms with Crippen molar-refractivity contribution >= 4 is 12.0 Å². The maximum atomic E-state index is 10.4. The van der Waals surface area contributed by atoms with E-state index in [2.05, 4.69) is 0 Å². The van der Waals surface area contributed by atoms with Crippen LogP contribution in [0.3, 0.4) is 0 Å². The second-order valence-corrected chi connectivity index (χ2v) is 2.84. The lowest BCUT2D eigenvalue weighted by Gasteiger charge is -2.09. The van der Waals surface area contributed by atoms with E-state index in [1.807, 2.05) is 42.4 Å². The number of hydrogen-bond acceptors (Lipinski definition) is 1. The molecule has 0 spiro atoms. The minimum Gasteiger partial charge on any atom is -0.233 e. The Morgan fingerprint density at radius 2 is 2.00 bits per heavy atom. The average molecular weight is 156 g/mol. The predicted molar refractivity (Wildman–Crippen MR) is 48.4 cm³/mol. The summed E-state index contributed by atoms with van der Waals surface area (Å²) in [6.07, 6.45) is 4.50. The van der Waals surface area contributed by atoms with Gasteiger partial charge in [0.05, 0.1) is 0 Å². The summed E-state index contributed by atoms with van der Waals surface area (Å²) in [6.45, 7) is 0. The third-order valence-electron chi connectivity index (χ3n) is 2.03. The van der Waals surface area contributed by atoms with Crippen LogP contribution < -0.4 is 0 Å². The van der Waals surface area contributed by atoms with Gasteiger partial charge in [-0.05, 0) is 17.2 Å². The SMILES string of the molecule is O=C=C1C=Cc2ccccc2C1. The van der Waals surface area contributed by atoms with E-state index >= 15 is 0 Å². The second-order valence-electron chi connectivity index (χ2n) is 2.84. The van der Waals surface area contributed by atoms with Crippen LogP contribution in [0.25, 0.3) is 6.08 Å². The highest BCUT2D eigenvalue weighted by Gasteiger charge is 2.06. The topological polar surface area (TPSA) is 17.1 Å². The summed E-state index contributed by atoms with van der Waals surface area (Å²) in [4.78, 5) is 10.4. The lowest BCUT2D eigenvalue weighted by atomic mass is 9.95. The summed E-state index contributed by atoms with van der Waals surface area (Å²) in [5.74, 6) is 1.92. The van der Waals surface area contributed by atoms with Crippen LogP contribution in [0.15, 0.2) is 35.9 Å². The molecule has 0 saturated heterocycles. The summed E-state index contributed by atoms with van der Waals surface area (Å²) in [5, 5.41) is 0. The maximum absolute atomic E-state index is 10.4. The predicted octanol–water partition coefficient (Wildman–Crippen LogP) is 2.01. The Morgan fingerprint density at radius 3 is 2.83 bits per heavy atom. The zero-order chi connectivity index (χ0) is 8.39. The average Bonchev–Trinajstić information content (AvgIpc) is 2.17. The molecular formula is C11H8O. The Balaban J connectivity index is 2.52. The number of benzene rings is 1. The molecular weight excluding hydrogens is 148 g/mol. The van der Waals surface area contributed by atoms with E-state index in [-0.39, 0.29) is 0 Å². The molecule has 0 amide bonds. The molecule has 1 aliphatic carbocycles. The second kappa shape index (κ2) is 2.80. The fourth-order valence-electron chi connectivity index (χ4n) is 1.38. The minimum atomic E-state index is 0.718. The Morgan fingerprint density at radius 1 is 1.17 bits per heavy atom. The first-order valence-electron chi connectivity index (χ1n) is 3.90. The van der Waals surface area contributed by atoms with Crippen LogP contribution in [0.2, 0.25) is 0 Å². The Hall–Kier alpha value is -1.59. The lowest BCUT2D eigenvalue weighted by molar-refractivity contribution is 0.567. The van der Waals surface area contributed by atoms with Gasteiger partial charge in [0.25, 0.3) is 0 Å². The largest absolute Gasteiger partial charge is 0.233 e. The molecule has 0 unspecified atom stereocenters. The van der Waals surface area contributed by atoms with Crippen molar-refractivity contribution in [2.75, 3.05) is 0 Å². The Bertz CT molecular complexity index is 382. The number of allylic oxidation sites excluding steroid dienone is 2. The smallest absolute Gasteiger partial charge is 0.128 e. The molecule has 1 aliphatic rings. The van der Waals surface area contributed by atoms with Gasteiger partial charge in [-0.1, -0.05) is 30.3 Å². The van der Waals surface area contributed by atoms with Crippen molar-refractivity contribution < 1.29 is 4.79 Å². The molecule has 0 radical (unpaired) electrons. The molecule has 1 aromatic rings. The molecule has 2 rings (SSSR count). The summed E-state index contributed by atoms with van der Waals surface area (Å²) in [7, 11) is 0. The highest BCUT2D eigenvalue weighted by atomic mass is 16.1. The maximum Gasteiger partial charge on any atom is 0.128 e. The van der Waals surface area contributed by atoms with Crippen molar-refractivity contribution in [3.63, 3.8) is 0 Å². The van der Waals surface area contributed by atoms with Crippen LogP contribution in [0.4, 0.5) is 0 Å². The molecule has 58 valence electrons. The van der Waals surface area contributed by atoms with Gasteiger partial charge in [-0.2, -0.15) is 0 Å². The molecule has 1 aromatic carbocycles. The van der Waals surface area contributed by atoms with E-state index in [9.17, 15) is 4.79 Å². The molecule has 0 N–H and O–H groups in total. The number of carbonyl (C=O) groups excluding carboxylic acids is 1. The molecule has 1 nitrogen and oxygen atoms in total. The molecule has 12 heavy (non-hydrogen) atoms.